The van der Waals surface area contributed by atoms with Crippen molar-refractivity contribution < 1.29 is 13.7 Å². The second-order valence-corrected chi connectivity index (χ2v) is 6.62. The summed E-state index contributed by atoms with van der Waals surface area (Å²) in [6, 6.07) is 5.81. The van der Waals surface area contributed by atoms with Crippen LogP contribution in [0.3, 0.4) is 0 Å². The minimum Gasteiger partial charge on any atom is -0.337 e. The van der Waals surface area contributed by atoms with E-state index in [9.17, 15) is 9.18 Å². The number of amides is 2. The predicted molar refractivity (Wildman–Crippen MR) is 90.3 cm³/mol. The Morgan fingerprint density at radius 1 is 1.36 bits per heavy atom. The van der Waals surface area contributed by atoms with Gasteiger partial charge in [0.25, 0.3) is 0 Å². The fourth-order valence-corrected chi connectivity index (χ4v) is 2.97. The highest BCUT2D eigenvalue weighted by molar-refractivity contribution is 5.74. The van der Waals surface area contributed by atoms with Crippen molar-refractivity contribution in [3.8, 4) is 11.4 Å². The maximum atomic E-state index is 13.0. The van der Waals surface area contributed by atoms with Gasteiger partial charge in [-0.1, -0.05) is 5.16 Å². The molecule has 0 aliphatic carbocycles. The van der Waals surface area contributed by atoms with Crippen LogP contribution in [0.4, 0.5) is 9.18 Å². The Kier molecular flexibility index (Phi) is 4.98. The van der Waals surface area contributed by atoms with E-state index in [1.54, 1.807) is 12.1 Å². The first kappa shape index (κ1) is 17.3. The van der Waals surface area contributed by atoms with Gasteiger partial charge in [0.05, 0.1) is 6.04 Å². The molecule has 0 saturated carbocycles. The maximum Gasteiger partial charge on any atom is 0.315 e. The number of halogens is 1. The van der Waals surface area contributed by atoms with E-state index in [0.29, 0.717) is 30.2 Å². The zero-order chi connectivity index (χ0) is 18.0. The second kappa shape index (κ2) is 7.18. The summed E-state index contributed by atoms with van der Waals surface area (Å²) < 4.78 is 18.4. The molecule has 7 nitrogen and oxygen atoms in total. The van der Waals surface area contributed by atoms with Gasteiger partial charge in [-0.15, -0.1) is 0 Å². The van der Waals surface area contributed by atoms with Crippen LogP contribution in [0, 0.1) is 5.82 Å². The Hall–Kier alpha value is -2.48. The van der Waals surface area contributed by atoms with Crippen molar-refractivity contribution in [1.82, 2.24) is 25.7 Å². The van der Waals surface area contributed by atoms with Crippen molar-refractivity contribution >= 4 is 6.03 Å². The molecule has 1 saturated heterocycles. The number of nitrogens with zero attached hydrogens (tertiary/aromatic N) is 3. The monoisotopic (exact) mass is 347 g/mol. The third-order valence-corrected chi connectivity index (χ3v) is 4.13. The lowest BCUT2D eigenvalue weighted by Gasteiger charge is -2.15. The number of nitrogens with one attached hydrogen (secondary N) is 2. The number of urea groups is 1. The summed E-state index contributed by atoms with van der Waals surface area (Å²) in [7, 11) is 1.95. The van der Waals surface area contributed by atoms with Crippen molar-refractivity contribution in [1.29, 1.82) is 0 Å². The number of likely N-dealkylation sites (tertiary alicyclic amines) is 1. The maximum absolute atomic E-state index is 13.0. The Labute approximate surface area is 145 Å². The van der Waals surface area contributed by atoms with Crippen LogP contribution in [0.2, 0.25) is 0 Å². The van der Waals surface area contributed by atoms with Gasteiger partial charge in [0.15, 0.2) is 0 Å². The lowest BCUT2D eigenvalue weighted by molar-refractivity contribution is 0.234. The molecule has 1 aromatic heterocycles. The molecule has 0 spiro atoms. The number of likely N-dealkylation sites (N-methyl/N-ethyl adjacent to an activating group) is 1. The van der Waals surface area contributed by atoms with E-state index in [-0.39, 0.29) is 30.0 Å². The van der Waals surface area contributed by atoms with Crippen LogP contribution in [-0.2, 0) is 0 Å². The molecular weight excluding hydrogens is 325 g/mol. The van der Waals surface area contributed by atoms with Gasteiger partial charge in [0.1, 0.15) is 5.82 Å². The van der Waals surface area contributed by atoms with E-state index in [0.717, 1.165) is 0 Å². The van der Waals surface area contributed by atoms with E-state index < -0.39 is 0 Å². The van der Waals surface area contributed by atoms with E-state index in [4.69, 9.17) is 4.52 Å². The molecule has 1 aliphatic rings. The second-order valence-electron chi connectivity index (χ2n) is 6.62. The van der Waals surface area contributed by atoms with Crippen LogP contribution in [0.1, 0.15) is 32.2 Å². The molecule has 1 aromatic carbocycles. The number of aromatic nitrogens is 2. The Morgan fingerprint density at radius 3 is 2.76 bits per heavy atom. The van der Waals surface area contributed by atoms with E-state index >= 15 is 0 Å². The van der Waals surface area contributed by atoms with Crippen LogP contribution in [0.5, 0.6) is 0 Å². The number of hydrogen-bond acceptors (Lipinski definition) is 5. The van der Waals surface area contributed by atoms with Gasteiger partial charge in [0, 0.05) is 24.2 Å². The zero-order valence-electron chi connectivity index (χ0n) is 14.5. The van der Waals surface area contributed by atoms with E-state index in [1.807, 2.05) is 20.9 Å². The minimum absolute atomic E-state index is 0.00919. The topological polar surface area (TPSA) is 83.3 Å². The van der Waals surface area contributed by atoms with Crippen LogP contribution in [0.15, 0.2) is 28.8 Å². The fraction of sp³-hybridized carbons (Fsp3) is 0.471. The normalized spacial score (nSPS) is 20.8. The summed E-state index contributed by atoms with van der Waals surface area (Å²) in [6.45, 7) is 4.53. The third kappa shape index (κ3) is 4.14. The van der Waals surface area contributed by atoms with Gasteiger partial charge in [-0.25, -0.2) is 9.18 Å². The van der Waals surface area contributed by atoms with Crippen molar-refractivity contribution in [2.24, 2.45) is 0 Å². The van der Waals surface area contributed by atoms with Gasteiger partial charge in [-0.05, 0) is 51.6 Å². The number of benzene rings is 1. The average Bonchev–Trinajstić information content (AvgIpc) is 3.14. The molecule has 25 heavy (non-hydrogen) atoms. The van der Waals surface area contributed by atoms with Crippen molar-refractivity contribution in [3.05, 3.63) is 36.0 Å². The molecule has 0 radical (unpaired) electrons. The molecule has 2 heterocycles. The number of hydrogen-bond donors (Lipinski definition) is 2. The Bertz CT molecular complexity index is 731. The average molecular weight is 347 g/mol. The van der Waals surface area contributed by atoms with Gasteiger partial charge in [0.2, 0.25) is 11.7 Å². The SMILES string of the molecule is CC(C)NC(=O)N[C@@H]1C[C@@H](c2nc(-c3ccc(F)cc3)no2)N(C)C1. The summed E-state index contributed by atoms with van der Waals surface area (Å²) in [5.74, 6) is 0.615. The molecule has 3 rings (SSSR count). The van der Waals surface area contributed by atoms with Crippen molar-refractivity contribution in [3.63, 3.8) is 0 Å². The first-order valence-electron chi connectivity index (χ1n) is 8.29. The highest BCUT2D eigenvalue weighted by atomic mass is 19.1. The number of carbonyl (C=O) groups excluding carboxylic acids is 1. The number of carbonyl (C=O) groups is 1. The van der Waals surface area contributed by atoms with Crippen LogP contribution < -0.4 is 10.6 Å². The van der Waals surface area contributed by atoms with Crippen LogP contribution in [-0.4, -0.2) is 46.7 Å². The molecule has 134 valence electrons. The summed E-state index contributed by atoms with van der Waals surface area (Å²) >= 11 is 0. The molecule has 0 unspecified atom stereocenters. The molecular formula is C17H22FN5O2. The Morgan fingerprint density at radius 2 is 2.08 bits per heavy atom. The fourth-order valence-electron chi connectivity index (χ4n) is 2.97. The standard InChI is InChI=1S/C17H22FN5O2/c1-10(2)19-17(24)20-13-8-14(23(3)9-13)16-21-15(22-25-16)11-4-6-12(18)7-5-11/h4-7,10,13-14H,8-9H2,1-3H3,(H2,19,20,24)/t13-,14+/m1/s1. The predicted octanol–water partition coefficient (Wildman–Crippen LogP) is 2.33. The molecule has 1 fully saturated rings. The van der Waals surface area contributed by atoms with Crippen LogP contribution in [0.25, 0.3) is 11.4 Å². The van der Waals surface area contributed by atoms with Gasteiger partial charge >= 0.3 is 6.03 Å². The van der Waals surface area contributed by atoms with Crippen LogP contribution >= 0.6 is 0 Å². The lowest BCUT2D eigenvalue weighted by atomic mass is 10.1. The molecule has 2 atom stereocenters. The Balaban J connectivity index is 1.66. The van der Waals surface area contributed by atoms with Crippen molar-refractivity contribution in [2.45, 2.75) is 38.4 Å². The van der Waals surface area contributed by atoms with Gasteiger partial charge in [-0.2, -0.15) is 4.98 Å². The highest BCUT2D eigenvalue weighted by Crippen LogP contribution is 2.30. The van der Waals surface area contributed by atoms with E-state index in [2.05, 4.69) is 25.7 Å². The summed E-state index contributed by atoms with van der Waals surface area (Å²) in [4.78, 5) is 18.4. The highest BCUT2D eigenvalue weighted by Gasteiger charge is 2.35. The van der Waals surface area contributed by atoms with Gasteiger partial charge in [-0.3, -0.25) is 4.90 Å². The molecule has 2 aromatic rings. The summed E-state index contributed by atoms with van der Waals surface area (Å²) in [6.07, 6.45) is 0.688. The largest absolute Gasteiger partial charge is 0.337 e. The minimum atomic E-state index is -0.309. The summed E-state index contributed by atoms with van der Waals surface area (Å²) in [5, 5.41) is 9.77. The van der Waals surface area contributed by atoms with Crippen molar-refractivity contribution in [2.75, 3.05) is 13.6 Å². The molecule has 8 heteroatoms. The molecule has 2 amide bonds. The van der Waals surface area contributed by atoms with E-state index in [1.165, 1.54) is 12.1 Å². The zero-order valence-corrected chi connectivity index (χ0v) is 14.5. The quantitative estimate of drug-likeness (QED) is 0.887. The molecule has 1 aliphatic heterocycles. The smallest absolute Gasteiger partial charge is 0.315 e. The molecule has 0 bridgehead atoms. The first-order chi connectivity index (χ1) is 11.9. The molecule has 2 N–H and O–H groups in total. The third-order valence-electron chi connectivity index (χ3n) is 4.13. The number of rotatable bonds is 4. The lowest BCUT2D eigenvalue weighted by Crippen LogP contribution is -2.45. The van der Waals surface area contributed by atoms with Gasteiger partial charge < -0.3 is 15.2 Å². The first-order valence-corrected chi connectivity index (χ1v) is 8.29. The summed E-state index contributed by atoms with van der Waals surface area (Å²) in [5.41, 5.74) is 0.697.